The molecule has 4 nitrogen and oxygen atoms in total. The molecule has 0 fully saturated rings. The molecule has 2 N–H and O–H groups in total. The molecule has 0 radical (unpaired) electrons. The number of hydrogen-bond donors (Lipinski definition) is 1. The highest BCUT2D eigenvalue weighted by Crippen LogP contribution is 2.21. The lowest BCUT2D eigenvalue weighted by Crippen LogP contribution is -2.22. The van der Waals surface area contributed by atoms with Crippen molar-refractivity contribution < 1.29 is 0 Å². The van der Waals surface area contributed by atoms with Gasteiger partial charge in [-0.1, -0.05) is 24.3 Å². The first-order valence-corrected chi connectivity index (χ1v) is 6.48. The Labute approximate surface area is 107 Å². The van der Waals surface area contributed by atoms with Crippen LogP contribution < -0.4 is 5.73 Å². The van der Waals surface area contributed by atoms with Crippen molar-refractivity contribution in [3.63, 3.8) is 0 Å². The Hall–Kier alpha value is -1.68. The SMILES string of the molecule is Cc1ccccc1Cc1nc2n(n1)CCCC2N. The van der Waals surface area contributed by atoms with Crippen LogP contribution in [0.2, 0.25) is 0 Å². The van der Waals surface area contributed by atoms with Crippen molar-refractivity contribution in [2.45, 2.75) is 38.8 Å². The Morgan fingerprint density at radius 1 is 1.39 bits per heavy atom. The summed E-state index contributed by atoms with van der Waals surface area (Å²) >= 11 is 0. The predicted octanol–water partition coefficient (Wildman–Crippen LogP) is 1.97. The van der Waals surface area contributed by atoms with Gasteiger partial charge in [0.25, 0.3) is 0 Å². The summed E-state index contributed by atoms with van der Waals surface area (Å²) in [6.07, 6.45) is 2.91. The van der Waals surface area contributed by atoms with E-state index in [4.69, 9.17) is 5.73 Å². The van der Waals surface area contributed by atoms with Crippen molar-refractivity contribution in [1.82, 2.24) is 14.8 Å². The fourth-order valence-corrected chi connectivity index (χ4v) is 2.49. The van der Waals surface area contributed by atoms with Gasteiger partial charge in [-0.05, 0) is 30.9 Å². The van der Waals surface area contributed by atoms with Crippen LogP contribution in [-0.2, 0) is 13.0 Å². The molecule has 1 aromatic carbocycles. The molecule has 1 aliphatic heterocycles. The van der Waals surface area contributed by atoms with Crippen LogP contribution in [0.3, 0.4) is 0 Å². The molecule has 4 heteroatoms. The van der Waals surface area contributed by atoms with E-state index in [2.05, 4.69) is 41.3 Å². The highest BCUT2D eigenvalue weighted by Gasteiger charge is 2.20. The van der Waals surface area contributed by atoms with E-state index in [1.807, 2.05) is 4.68 Å². The van der Waals surface area contributed by atoms with Crippen LogP contribution in [-0.4, -0.2) is 14.8 Å². The fraction of sp³-hybridized carbons (Fsp3) is 0.429. The van der Waals surface area contributed by atoms with E-state index in [0.717, 1.165) is 37.5 Å². The van der Waals surface area contributed by atoms with Gasteiger partial charge in [-0.25, -0.2) is 9.67 Å². The molecule has 0 bridgehead atoms. The molecular formula is C14H18N4. The summed E-state index contributed by atoms with van der Waals surface area (Å²) in [6, 6.07) is 8.42. The summed E-state index contributed by atoms with van der Waals surface area (Å²) in [6.45, 7) is 3.07. The molecular weight excluding hydrogens is 224 g/mol. The van der Waals surface area contributed by atoms with E-state index in [1.165, 1.54) is 11.1 Å². The van der Waals surface area contributed by atoms with E-state index in [0.29, 0.717) is 0 Å². The number of hydrogen-bond acceptors (Lipinski definition) is 3. The first kappa shape index (κ1) is 11.4. The molecule has 0 saturated carbocycles. The number of fused-ring (bicyclic) bond motifs is 1. The summed E-state index contributed by atoms with van der Waals surface area (Å²) < 4.78 is 1.97. The molecule has 2 heterocycles. The minimum absolute atomic E-state index is 0.0527. The van der Waals surface area contributed by atoms with Crippen molar-refractivity contribution in [1.29, 1.82) is 0 Å². The molecule has 0 saturated heterocycles. The number of aryl methyl sites for hydroxylation is 2. The van der Waals surface area contributed by atoms with E-state index >= 15 is 0 Å². The number of rotatable bonds is 2. The van der Waals surface area contributed by atoms with Gasteiger partial charge in [0, 0.05) is 13.0 Å². The van der Waals surface area contributed by atoms with Crippen molar-refractivity contribution in [3.8, 4) is 0 Å². The van der Waals surface area contributed by atoms with E-state index < -0.39 is 0 Å². The molecule has 18 heavy (non-hydrogen) atoms. The average Bonchev–Trinajstić information content (AvgIpc) is 2.76. The highest BCUT2D eigenvalue weighted by atomic mass is 15.4. The third kappa shape index (κ3) is 2.04. The van der Waals surface area contributed by atoms with Crippen LogP contribution in [0, 0.1) is 6.92 Å². The van der Waals surface area contributed by atoms with Gasteiger partial charge in [0.2, 0.25) is 0 Å². The third-order valence-electron chi connectivity index (χ3n) is 3.57. The summed E-state index contributed by atoms with van der Waals surface area (Å²) in [4.78, 5) is 4.60. The number of aromatic nitrogens is 3. The summed E-state index contributed by atoms with van der Waals surface area (Å²) in [5.74, 6) is 1.83. The molecule has 0 amide bonds. The number of benzene rings is 1. The molecule has 0 aliphatic carbocycles. The van der Waals surface area contributed by atoms with Gasteiger partial charge in [-0.3, -0.25) is 0 Å². The molecule has 1 atom stereocenters. The maximum atomic E-state index is 6.06. The van der Waals surface area contributed by atoms with Crippen molar-refractivity contribution >= 4 is 0 Å². The van der Waals surface area contributed by atoms with Crippen LogP contribution in [0.15, 0.2) is 24.3 Å². The zero-order valence-electron chi connectivity index (χ0n) is 10.6. The summed E-state index contributed by atoms with van der Waals surface area (Å²) in [7, 11) is 0. The Morgan fingerprint density at radius 3 is 3.00 bits per heavy atom. The zero-order chi connectivity index (χ0) is 12.5. The van der Waals surface area contributed by atoms with Crippen molar-refractivity contribution in [2.24, 2.45) is 5.73 Å². The standard InChI is InChI=1S/C14H18N4/c1-10-5-2-3-6-11(10)9-13-16-14-12(15)7-4-8-18(14)17-13/h2-3,5-6,12H,4,7-9,15H2,1H3. The van der Waals surface area contributed by atoms with Crippen molar-refractivity contribution in [2.75, 3.05) is 0 Å². The molecule has 3 rings (SSSR count). The average molecular weight is 242 g/mol. The van der Waals surface area contributed by atoms with Gasteiger partial charge < -0.3 is 5.73 Å². The van der Waals surface area contributed by atoms with Gasteiger partial charge in [0.15, 0.2) is 5.82 Å². The lowest BCUT2D eigenvalue weighted by molar-refractivity contribution is 0.421. The first-order valence-electron chi connectivity index (χ1n) is 6.48. The van der Waals surface area contributed by atoms with Crippen LogP contribution in [0.5, 0.6) is 0 Å². The predicted molar refractivity (Wildman–Crippen MR) is 70.2 cm³/mol. The normalized spacial score (nSPS) is 18.7. The topological polar surface area (TPSA) is 56.7 Å². The summed E-state index contributed by atoms with van der Waals surface area (Å²) in [5, 5.41) is 4.56. The second kappa shape index (κ2) is 4.53. The molecule has 1 unspecified atom stereocenters. The summed E-state index contributed by atoms with van der Waals surface area (Å²) in [5.41, 5.74) is 8.63. The molecule has 1 aliphatic rings. The Morgan fingerprint density at radius 2 is 2.22 bits per heavy atom. The van der Waals surface area contributed by atoms with Crippen LogP contribution >= 0.6 is 0 Å². The number of nitrogens with zero attached hydrogens (tertiary/aromatic N) is 3. The van der Waals surface area contributed by atoms with Crippen molar-refractivity contribution in [3.05, 3.63) is 47.0 Å². The van der Waals surface area contributed by atoms with Gasteiger partial charge in [0.1, 0.15) is 5.82 Å². The first-order chi connectivity index (χ1) is 8.74. The second-order valence-electron chi connectivity index (χ2n) is 4.96. The molecule has 0 spiro atoms. The highest BCUT2D eigenvalue weighted by molar-refractivity contribution is 5.28. The second-order valence-corrected chi connectivity index (χ2v) is 4.96. The minimum Gasteiger partial charge on any atom is -0.321 e. The largest absolute Gasteiger partial charge is 0.321 e. The Kier molecular flexibility index (Phi) is 2.88. The fourth-order valence-electron chi connectivity index (χ4n) is 2.49. The zero-order valence-corrected chi connectivity index (χ0v) is 10.6. The van der Waals surface area contributed by atoms with Gasteiger partial charge in [-0.2, -0.15) is 5.10 Å². The smallest absolute Gasteiger partial charge is 0.155 e. The Balaban J connectivity index is 1.88. The third-order valence-corrected chi connectivity index (χ3v) is 3.57. The molecule has 1 aromatic heterocycles. The van der Waals surface area contributed by atoms with Gasteiger partial charge in [0.05, 0.1) is 6.04 Å². The maximum Gasteiger partial charge on any atom is 0.155 e. The maximum absolute atomic E-state index is 6.06. The lowest BCUT2D eigenvalue weighted by atomic mass is 10.1. The van der Waals surface area contributed by atoms with E-state index in [1.54, 1.807) is 0 Å². The number of nitrogens with two attached hydrogens (primary N) is 1. The van der Waals surface area contributed by atoms with Crippen LogP contribution in [0.25, 0.3) is 0 Å². The van der Waals surface area contributed by atoms with Crippen LogP contribution in [0.4, 0.5) is 0 Å². The quantitative estimate of drug-likeness (QED) is 0.876. The molecule has 94 valence electrons. The van der Waals surface area contributed by atoms with Gasteiger partial charge >= 0.3 is 0 Å². The minimum atomic E-state index is 0.0527. The van der Waals surface area contributed by atoms with E-state index in [-0.39, 0.29) is 6.04 Å². The molecule has 2 aromatic rings. The van der Waals surface area contributed by atoms with E-state index in [9.17, 15) is 0 Å². The van der Waals surface area contributed by atoms with Crippen LogP contribution in [0.1, 0.15) is 41.7 Å². The monoisotopic (exact) mass is 242 g/mol. The van der Waals surface area contributed by atoms with Gasteiger partial charge in [-0.15, -0.1) is 0 Å². The lowest BCUT2D eigenvalue weighted by Gasteiger charge is -2.17. The Bertz CT molecular complexity index is 559.